The fourth-order valence-electron chi connectivity index (χ4n) is 2.64. The van der Waals surface area contributed by atoms with Crippen LogP contribution in [-0.2, 0) is 0 Å². The molecule has 1 amide bonds. The number of phenols is 1. The van der Waals surface area contributed by atoms with Crippen molar-refractivity contribution in [3.8, 4) is 5.75 Å². The number of ketones is 1. The molecule has 2 aromatic rings. The van der Waals surface area contributed by atoms with Crippen LogP contribution in [0.25, 0.3) is 0 Å². The molecule has 0 unspecified atom stereocenters. The van der Waals surface area contributed by atoms with Gasteiger partial charge in [0.2, 0.25) is 0 Å². The highest BCUT2D eigenvalue weighted by Gasteiger charge is 2.24. The summed E-state index contributed by atoms with van der Waals surface area (Å²) in [7, 11) is 0. The molecule has 2 rings (SSSR count). The summed E-state index contributed by atoms with van der Waals surface area (Å²) in [5, 5.41) is 16.3. The smallest absolute Gasteiger partial charge is 0.259 e. The van der Waals surface area contributed by atoms with Gasteiger partial charge in [-0.25, -0.2) is 0 Å². The third kappa shape index (κ3) is 5.35. The Labute approximate surface area is 167 Å². The third-order valence-corrected chi connectivity index (χ3v) is 4.67. The number of anilines is 2. The van der Waals surface area contributed by atoms with E-state index in [0.717, 1.165) is 12.1 Å². The van der Waals surface area contributed by atoms with Crippen LogP contribution in [0.3, 0.4) is 0 Å². The van der Waals surface area contributed by atoms with E-state index in [4.69, 9.17) is 0 Å². The van der Waals surface area contributed by atoms with Gasteiger partial charge in [-0.05, 0) is 56.7 Å². The van der Waals surface area contributed by atoms with E-state index < -0.39 is 11.3 Å². The van der Waals surface area contributed by atoms with Crippen molar-refractivity contribution in [1.29, 1.82) is 0 Å². The van der Waals surface area contributed by atoms with Gasteiger partial charge in [0.15, 0.2) is 5.78 Å². The minimum absolute atomic E-state index is 0.0669. The number of nitrogens with one attached hydrogen (secondary N) is 2. The van der Waals surface area contributed by atoms with Crippen LogP contribution in [0.1, 0.15) is 68.7 Å². The molecule has 0 bridgehead atoms. The molecule has 2 aromatic carbocycles. The van der Waals surface area contributed by atoms with E-state index in [1.807, 2.05) is 39.0 Å². The van der Waals surface area contributed by atoms with Gasteiger partial charge in [-0.2, -0.15) is 0 Å². The molecular formula is C23H30N2O3. The highest BCUT2D eigenvalue weighted by atomic mass is 16.3. The number of benzene rings is 2. The van der Waals surface area contributed by atoms with Gasteiger partial charge in [0.05, 0.1) is 5.56 Å². The predicted molar refractivity (Wildman–Crippen MR) is 114 cm³/mol. The Morgan fingerprint density at radius 2 is 1.61 bits per heavy atom. The lowest BCUT2D eigenvalue weighted by molar-refractivity contribution is 0.0858. The summed E-state index contributed by atoms with van der Waals surface area (Å²) in [6.07, 6.45) is 0.950. The quantitative estimate of drug-likeness (QED) is 0.579. The molecular weight excluding hydrogens is 352 g/mol. The first kappa shape index (κ1) is 21.5. The minimum Gasteiger partial charge on any atom is -0.507 e. The van der Waals surface area contributed by atoms with Gasteiger partial charge >= 0.3 is 0 Å². The molecule has 0 aromatic heterocycles. The van der Waals surface area contributed by atoms with Gasteiger partial charge in [0.25, 0.3) is 5.91 Å². The number of hydrogen-bond acceptors (Lipinski definition) is 4. The number of carbonyl (C=O) groups excluding carboxylic acids is 2. The summed E-state index contributed by atoms with van der Waals surface area (Å²) >= 11 is 0. The van der Waals surface area contributed by atoms with E-state index in [9.17, 15) is 14.7 Å². The van der Waals surface area contributed by atoms with Gasteiger partial charge in [-0.15, -0.1) is 0 Å². The molecule has 5 heteroatoms. The van der Waals surface area contributed by atoms with Crippen molar-refractivity contribution in [3.05, 3.63) is 53.6 Å². The molecule has 0 fully saturated rings. The fraction of sp³-hybridized carbons (Fsp3) is 0.391. The Hall–Kier alpha value is -2.82. The van der Waals surface area contributed by atoms with Crippen LogP contribution in [0.15, 0.2) is 42.5 Å². The summed E-state index contributed by atoms with van der Waals surface area (Å²) in [5.41, 5.74) is 1.33. The van der Waals surface area contributed by atoms with Crippen LogP contribution in [0.2, 0.25) is 0 Å². The van der Waals surface area contributed by atoms with E-state index in [1.165, 1.54) is 18.2 Å². The van der Waals surface area contributed by atoms with E-state index in [0.29, 0.717) is 11.3 Å². The molecule has 0 saturated heterocycles. The van der Waals surface area contributed by atoms with Crippen molar-refractivity contribution < 1.29 is 14.7 Å². The fourth-order valence-corrected chi connectivity index (χ4v) is 2.64. The molecule has 150 valence electrons. The van der Waals surface area contributed by atoms with Crippen LogP contribution in [0, 0.1) is 5.41 Å². The van der Waals surface area contributed by atoms with Gasteiger partial charge in [-0.3, -0.25) is 9.59 Å². The molecule has 0 saturated carbocycles. The van der Waals surface area contributed by atoms with E-state index in [-0.39, 0.29) is 22.6 Å². The first-order valence-electron chi connectivity index (χ1n) is 9.50. The molecule has 0 atom stereocenters. The standard InChI is InChI=1S/C23H30N2O3/c1-7-23(5,6)25-17-10-8-9-16(14-17)24-21(28)18-13-15(11-12-19(18)26)20(27)22(2,3)4/h8-14,25-26H,7H2,1-6H3,(H,24,28). The van der Waals surface area contributed by atoms with Crippen molar-refractivity contribution >= 4 is 23.1 Å². The Kier molecular flexibility index (Phi) is 6.17. The molecule has 0 aliphatic heterocycles. The summed E-state index contributed by atoms with van der Waals surface area (Å²) in [5.74, 6) is -0.716. The topological polar surface area (TPSA) is 78.4 Å². The van der Waals surface area contributed by atoms with Crippen LogP contribution >= 0.6 is 0 Å². The first-order valence-corrected chi connectivity index (χ1v) is 9.50. The molecule has 5 nitrogen and oxygen atoms in total. The number of carbonyl (C=O) groups is 2. The summed E-state index contributed by atoms with van der Waals surface area (Å²) < 4.78 is 0. The maximum absolute atomic E-state index is 12.7. The maximum atomic E-state index is 12.7. The molecule has 0 spiro atoms. The number of aromatic hydroxyl groups is 1. The van der Waals surface area contributed by atoms with Gasteiger partial charge in [-0.1, -0.05) is 33.8 Å². The van der Waals surface area contributed by atoms with Gasteiger partial charge in [0.1, 0.15) is 5.75 Å². The first-order chi connectivity index (χ1) is 12.9. The van der Waals surface area contributed by atoms with Crippen molar-refractivity contribution in [1.82, 2.24) is 0 Å². The number of amides is 1. The van der Waals surface area contributed by atoms with Gasteiger partial charge < -0.3 is 15.7 Å². The molecule has 3 N–H and O–H groups in total. The van der Waals surface area contributed by atoms with Crippen molar-refractivity contribution in [2.75, 3.05) is 10.6 Å². The van der Waals surface area contributed by atoms with Crippen LogP contribution in [0.4, 0.5) is 11.4 Å². The molecule has 0 aliphatic carbocycles. The van der Waals surface area contributed by atoms with E-state index in [1.54, 1.807) is 6.07 Å². The molecule has 0 heterocycles. The lowest BCUT2D eigenvalue weighted by Gasteiger charge is -2.26. The zero-order valence-corrected chi connectivity index (χ0v) is 17.5. The highest BCUT2D eigenvalue weighted by molar-refractivity contribution is 6.09. The van der Waals surface area contributed by atoms with Crippen molar-refractivity contribution in [3.63, 3.8) is 0 Å². The predicted octanol–water partition coefficient (Wildman–Crippen LogP) is 5.47. The summed E-state index contributed by atoms with van der Waals surface area (Å²) in [6, 6.07) is 11.8. The Balaban J connectivity index is 2.25. The molecule has 0 aliphatic rings. The Morgan fingerprint density at radius 1 is 0.964 bits per heavy atom. The monoisotopic (exact) mass is 382 g/mol. The number of phenolic OH excluding ortho intramolecular Hbond substituents is 1. The maximum Gasteiger partial charge on any atom is 0.259 e. The minimum atomic E-state index is -0.573. The van der Waals surface area contributed by atoms with Crippen molar-refractivity contribution in [2.45, 2.75) is 53.5 Å². The van der Waals surface area contributed by atoms with E-state index >= 15 is 0 Å². The Bertz CT molecular complexity index is 880. The normalized spacial score (nSPS) is 11.8. The largest absolute Gasteiger partial charge is 0.507 e. The zero-order chi connectivity index (χ0) is 21.1. The van der Waals surface area contributed by atoms with E-state index in [2.05, 4.69) is 31.4 Å². The summed E-state index contributed by atoms with van der Waals surface area (Å²) in [4.78, 5) is 25.2. The summed E-state index contributed by atoms with van der Waals surface area (Å²) in [6.45, 7) is 11.8. The second-order valence-corrected chi connectivity index (χ2v) is 8.71. The SMILES string of the molecule is CCC(C)(C)Nc1cccc(NC(=O)c2cc(C(=O)C(C)(C)C)ccc2O)c1. The highest BCUT2D eigenvalue weighted by Crippen LogP contribution is 2.26. The lowest BCUT2D eigenvalue weighted by Crippen LogP contribution is -2.29. The molecule has 28 heavy (non-hydrogen) atoms. The molecule has 0 radical (unpaired) electrons. The van der Waals surface area contributed by atoms with Crippen LogP contribution in [0.5, 0.6) is 5.75 Å². The van der Waals surface area contributed by atoms with Gasteiger partial charge in [0, 0.05) is 27.9 Å². The Morgan fingerprint density at radius 3 is 2.21 bits per heavy atom. The third-order valence-electron chi connectivity index (χ3n) is 4.67. The zero-order valence-electron chi connectivity index (χ0n) is 17.5. The number of hydrogen-bond donors (Lipinski definition) is 3. The van der Waals surface area contributed by atoms with Crippen LogP contribution < -0.4 is 10.6 Å². The average molecular weight is 383 g/mol. The average Bonchev–Trinajstić information content (AvgIpc) is 2.60. The van der Waals surface area contributed by atoms with Crippen LogP contribution in [-0.4, -0.2) is 22.3 Å². The van der Waals surface area contributed by atoms with Crippen molar-refractivity contribution in [2.24, 2.45) is 5.41 Å². The lowest BCUT2D eigenvalue weighted by atomic mass is 9.86. The second-order valence-electron chi connectivity index (χ2n) is 8.71. The number of rotatable bonds is 6. The second kappa shape index (κ2) is 8.05. The number of Topliss-reactive ketones (excluding diaryl/α,β-unsaturated/α-hetero) is 1.